The molecule has 0 aromatic heterocycles. The zero-order valence-electron chi connectivity index (χ0n) is 15.1. The lowest BCUT2D eigenvalue weighted by atomic mass is 10.1. The molecule has 2 N–H and O–H groups in total. The highest BCUT2D eigenvalue weighted by Crippen LogP contribution is 2.10. The second-order valence-electron chi connectivity index (χ2n) is 6.27. The van der Waals surface area contributed by atoms with E-state index in [2.05, 4.69) is 19.2 Å². The third-order valence-corrected chi connectivity index (χ3v) is 4.26. The fraction of sp³-hybridized carbons (Fsp3) is 0.944. The van der Waals surface area contributed by atoms with E-state index in [1.807, 2.05) is 7.05 Å². The van der Waals surface area contributed by atoms with Gasteiger partial charge in [0.15, 0.2) is 0 Å². The molecule has 132 valence electrons. The number of aliphatic hydroxyl groups is 1. The summed E-state index contributed by atoms with van der Waals surface area (Å²) in [5.41, 5.74) is 0. The predicted octanol–water partition coefficient (Wildman–Crippen LogP) is 4.32. The van der Waals surface area contributed by atoms with Gasteiger partial charge in [0.1, 0.15) is 0 Å². The molecule has 1 unspecified atom stereocenters. The van der Waals surface area contributed by atoms with Crippen LogP contribution in [0.15, 0.2) is 0 Å². The highest BCUT2D eigenvalue weighted by molar-refractivity contribution is 5.74. The topological polar surface area (TPSA) is 52.6 Å². The van der Waals surface area contributed by atoms with E-state index in [-0.39, 0.29) is 18.7 Å². The third-order valence-electron chi connectivity index (χ3n) is 4.26. The maximum absolute atomic E-state index is 12.1. The summed E-state index contributed by atoms with van der Waals surface area (Å²) < 4.78 is 0. The van der Waals surface area contributed by atoms with Crippen molar-refractivity contribution in [3.05, 3.63) is 0 Å². The molecule has 0 bridgehead atoms. The summed E-state index contributed by atoms with van der Waals surface area (Å²) in [6, 6.07) is 0.142. The van der Waals surface area contributed by atoms with Crippen LogP contribution in [0.4, 0.5) is 4.79 Å². The maximum Gasteiger partial charge on any atom is 0.317 e. The molecule has 0 saturated heterocycles. The minimum atomic E-state index is -0.00477. The van der Waals surface area contributed by atoms with Gasteiger partial charge in [-0.15, -0.1) is 0 Å². The monoisotopic (exact) mass is 314 g/mol. The Kier molecular flexibility index (Phi) is 14.6. The molecule has 0 rings (SSSR count). The van der Waals surface area contributed by atoms with Crippen molar-refractivity contribution in [2.24, 2.45) is 0 Å². The quantitative estimate of drug-likeness (QED) is 0.469. The van der Waals surface area contributed by atoms with Gasteiger partial charge in [0.05, 0.1) is 0 Å². The van der Waals surface area contributed by atoms with Crippen molar-refractivity contribution in [1.29, 1.82) is 0 Å². The van der Waals surface area contributed by atoms with Gasteiger partial charge in [0.25, 0.3) is 0 Å². The van der Waals surface area contributed by atoms with Gasteiger partial charge in [-0.1, -0.05) is 65.2 Å². The zero-order valence-corrected chi connectivity index (χ0v) is 15.1. The van der Waals surface area contributed by atoms with Crippen LogP contribution in [-0.4, -0.2) is 42.3 Å². The first-order valence-corrected chi connectivity index (χ1v) is 9.28. The van der Waals surface area contributed by atoms with Crippen LogP contribution in [-0.2, 0) is 0 Å². The molecule has 0 fully saturated rings. The van der Waals surface area contributed by atoms with E-state index < -0.39 is 0 Å². The number of urea groups is 1. The number of hydrogen-bond acceptors (Lipinski definition) is 2. The number of carbonyl (C=O) groups is 1. The van der Waals surface area contributed by atoms with Crippen molar-refractivity contribution >= 4 is 6.03 Å². The van der Waals surface area contributed by atoms with Crippen molar-refractivity contribution in [3.8, 4) is 0 Å². The summed E-state index contributed by atoms with van der Waals surface area (Å²) in [7, 11) is 1.83. The van der Waals surface area contributed by atoms with Gasteiger partial charge in [-0.3, -0.25) is 0 Å². The van der Waals surface area contributed by atoms with Crippen LogP contribution < -0.4 is 5.32 Å². The lowest BCUT2D eigenvalue weighted by Crippen LogP contribution is -2.44. The van der Waals surface area contributed by atoms with Crippen molar-refractivity contribution < 1.29 is 9.90 Å². The molecule has 1 atom stereocenters. The molecule has 0 aliphatic carbocycles. The molecule has 0 saturated carbocycles. The average Bonchev–Trinajstić information content (AvgIpc) is 2.52. The molecule has 0 aromatic rings. The van der Waals surface area contributed by atoms with E-state index in [0.29, 0.717) is 6.42 Å². The highest BCUT2D eigenvalue weighted by Gasteiger charge is 2.18. The number of carbonyl (C=O) groups excluding carboxylic acids is 1. The Bertz CT molecular complexity index is 253. The van der Waals surface area contributed by atoms with Gasteiger partial charge >= 0.3 is 6.03 Å². The molecular weight excluding hydrogens is 276 g/mol. The number of aliphatic hydroxyl groups excluding tert-OH is 1. The van der Waals surface area contributed by atoms with Crippen LogP contribution in [0.5, 0.6) is 0 Å². The first kappa shape index (κ1) is 21.2. The second-order valence-corrected chi connectivity index (χ2v) is 6.27. The molecule has 0 heterocycles. The summed E-state index contributed by atoms with van der Waals surface area (Å²) in [6.07, 6.45) is 12.9. The van der Waals surface area contributed by atoms with Crippen LogP contribution in [0.2, 0.25) is 0 Å². The highest BCUT2D eigenvalue weighted by atomic mass is 16.3. The average molecular weight is 315 g/mol. The fourth-order valence-corrected chi connectivity index (χ4v) is 2.76. The van der Waals surface area contributed by atoms with Crippen molar-refractivity contribution in [2.75, 3.05) is 20.2 Å². The minimum Gasteiger partial charge on any atom is -0.396 e. The smallest absolute Gasteiger partial charge is 0.317 e. The summed E-state index contributed by atoms with van der Waals surface area (Å²) in [5, 5.41) is 12.1. The number of nitrogens with zero attached hydrogens (tertiary/aromatic N) is 1. The standard InChI is InChI=1S/C18H38N2O2/c1-4-6-7-8-9-10-11-12-15-19-18(22)20(3)17(13-5-2)14-16-21/h17,21H,4-16H2,1-3H3,(H,19,22). The van der Waals surface area contributed by atoms with Crippen molar-refractivity contribution in [1.82, 2.24) is 10.2 Å². The minimum absolute atomic E-state index is 0.00477. The number of rotatable bonds is 14. The van der Waals surface area contributed by atoms with E-state index in [1.165, 1.54) is 44.9 Å². The van der Waals surface area contributed by atoms with E-state index in [4.69, 9.17) is 5.11 Å². The third kappa shape index (κ3) is 10.9. The van der Waals surface area contributed by atoms with E-state index >= 15 is 0 Å². The van der Waals surface area contributed by atoms with Crippen LogP contribution in [0, 0.1) is 0 Å². The Morgan fingerprint density at radius 1 is 0.955 bits per heavy atom. The summed E-state index contributed by atoms with van der Waals surface area (Å²) in [4.78, 5) is 13.8. The summed E-state index contributed by atoms with van der Waals surface area (Å²) in [6.45, 7) is 5.25. The van der Waals surface area contributed by atoms with Crippen LogP contribution in [0.3, 0.4) is 0 Å². The number of unbranched alkanes of at least 4 members (excludes halogenated alkanes) is 7. The number of hydrogen-bond donors (Lipinski definition) is 2. The van der Waals surface area contributed by atoms with Gasteiger partial charge in [0.2, 0.25) is 0 Å². The van der Waals surface area contributed by atoms with Crippen molar-refractivity contribution in [3.63, 3.8) is 0 Å². The molecule has 0 aliphatic heterocycles. The summed E-state index contributed by atoms with van der Waals surface area (Å²) in [5.74, 6) is 0. The van der Waals surface area contributed by atoms with Gasteiger partial charge in [-0.2, -0.15) is 0 Å². The van der Waals surface area contributed by atoms with Crippen LogP contribution in [0.1, 0.15) is 84.5 Å². The fourth-order valence-electron chi connectivity index (χ4n) is 2.76. The largest absolute Gasteiger partial charge is 0.396 e. The Morgan fingerprint density at radius 3 is 2.09 bits per heavy atom. The molecule has 22 heavy (non-hydrogen) atoms. The Balaban J connectivity index is 3.66. The molecule has 0 aromatic carbocycles. The number of amides is 2. The normalized spacial score (nSPS) is 12.2. The predicted molar refractivity (Wildman–Crippen MR) is 94.2 cm³/mol. The maximum atomic E-state index is 12.1. The van der Waals surface area contributed by atoms with Gasteiger partial charge in [-0.25, -0.2) is 4.79 Å². The number of nitrogens with one attached hydrogen (secondary N) is 1. The lowest BCUT2D eigenvalue weighted by molar-refractivity contribution is 0.167. The first-order chi connectivity index (χ1) is 10.7. The van der Waals surface area contributed by atoms with Crippen LogP contribution >= 0.6 is 0 Å². The van der Waals surface area contributed by atoms with E-state index in [9.17, 15) is 4.79 Å². The molecule has 0 radical (unpaired) electrons. The van der Waals surface area contributed by atoms with E-state index in [1.54, 1.807) is 4.90 Å². The molecular formula is C18H38N2O2. The van der Waals surface area contributed by atoms with Gasteiger partial charge in [0, 0.05) is 26.2 Å². The van der Waals surface area contributed by atoms with Crippen molar-refractivity contribution in [2.45, 2.75) is 90.5 Å². The SMILES string of the molecule is CCCCCCCCCCNC(=O)N(C)C(CCC)CCO. The Morgan fingerprint density at radius 2 is 1.55 bits per heavy atom. The van der Waals surface area contributed by atoms with Crippen LogP contribution in [0.25, 0.3) is 0 Å². The summed E-state index contributed by atoms with van der Waals surface area (Å²) >= 11 is 0. The molecule has 4 nitrogen and oxygen atoms in total. The Hall–Kier alpha value is -0.770. The molecule has 4 heteroatoms. The lowest BCUT2D eigenvalue weighted by Gasteiger charge is -2.27. The van der Waals surface area contributed by atoms with E-state index in [0.717, 1.165) is 25.8 Å². The van der Waals surface area contributed by atoms with Gasteiger partial charge in [-0.05, 0) is 19.3 Å². The zero-order chi connectivity index (χ0) is 16.6. The van der Waals surface area contributed by atoms with Gasteiger partial charge < -0.3 is 15.3 Å². The Labute approximate surface area is 137 Å². The molecule has 0 aliphatic rings. The molecule has 0 spiro atoms. The first-order valence-electron chi connectivity index (χ1n) is 9.28. The molecule has 2 amide bonds. The second kappa shape index (κ2) is 15.1.